The number of hydrogen-bond acceptors (Lipinski definition) is 1. The van der Waals surface area contributed by atoms with Crippen molar-refractivity contribution in [1.82, 2.24) is 5.32 Å². The minimum absolute atomic E-state index is 0.107. The second-order valence-electron chi connectivity index (χ2n) is 6.15. The molecule has 2 nitrogen and oxygen atoms in total. The van der Waals surface area contributed by atoms with Crippen LogP contribution in [0, 0.1) is 24.0 Å². The molecule has 0 spiro atoms. The molecule has 1 unspecified atom stereocenters. The Kier molecular flexibility index (Phi) is 5.68. The molecule has 0 radical (unpaired) electrons. The third kappa shape index (κ3) is 5.19. The molecule has 5 heteroatoms. The molecule has 1 aromatic rings. The summed E-state index contributed by atoms with van der Waals surface area (Å²) in [7, 11) is 0. The number of nitrogens with one attached hydrogen (secondary N) is 1. The van der Waals surface area contributed by atoms with Crippen LogP contribution in [0.5, 0.6) is 0 Å². The number of alkyl halides is 1. The zero-order chi connectivity index (χ0) is 15.5. The summed E-state index contributed by atoms with van der Waals surface area (Å²) in [4.78, 5) is 12.0. The lowest BCUT2D eigenvalue weighted by Gasteiger charge is -2.22. The van der Waals surface area contributed by atoms with E-state index in [9.17, 15) is 13.6 Å². The van der Waals surface area contributed by atoms with Crippen molar-refractivity contribution >= 4 is 21.8 Å². The average Bonchev–Trinajstić information content (AvgIpc) is 2.28. The first-order valence-electron chi connectivity index (χ1n) is 6.48. The number of rotatable bonds is 4. The van der Waals surface area contributed by atoms with Gasteiger partial charge in [-0.1, -0.05) is 36.7 Å². The minimum atomic E-state index is -0.840. The summed E-state index contributed by atoms with van der Waals surface area (Å²) in [5, 5.41) is 2.66. The van der Waals surface area contributed by atoms with Gasteiger partial charge in [0, 0.05) is 17.4 Å². The van der Waals surface area contributed by atoms with E-state index in [-0.39, 0.29) is 21.4 Å². The maximum Gasteiger partial charge on any atom is 0.254 e. The van der Waals surface area contributed by atoms with Crippen molar-refractivity contribution in [1.29, 1.82) is 0 Å². The zero-order valence-electron chi connectivity index (χ0n) is 12.2. The van der Waals surface area contributed by atoms with Gasteiger partial charge in [-0.05, 0) is 30.4 Å². The van der Waals surface area contributed by atoms with E-state index in [1.54, 1.807) is 0 Å². The molecule has 0 bridgehead atoms. The van der Waals surface area contributed by atoms with Crippen LogP contribution in [0.2, 0.25) is 0 Å². The van der Waals surface area contributed by atoms with Gasteiger partial charge in [0.05, 0.1) is 5.56 Å². The number of amides is 1. The Morgan fingerprint density at radius 2 is 1.90 bits per heavy atom. The van der Waals surface area contributed by atoms with E-state index >= 15 is 0 Å². The lowest BCUT2D eigenvalue weighted by molar-refractivity contribution is 0.0948. The molecule has 1 aromatic carbocycles. The topological polar surface area (TPSA) is 29.1 Å². The van der Waals surface area contributed by atoms with Crippen LogP contribution < -0.4 is 5.32 Å². The Morgan fingerprint density at radius 3 is 2.45 bits per heavy atom. The van der Waals surface area contributed by atoms with Crippen molar-refractivity contribution in [3.05, 3.63) is 34.9 Å². The van der Waals surface area contributed by atoms with Crippen LogP contribution in [-0.2, 0) is 0 Å². The summed E-state index contributed by atoms with van der Waals surface area (Å²) in [6.45, 7) is 8.20. The van der Waals surface area contributed by atoms with Crippen LogP contribution in [0.1, 0.15) is 43.1 Å². The number of carbonyl (C=O) groups is 1. The largest absolute Gasteiger partial charge is 0.351 e. The zero-order valence-corrected chi connectivity index (χ0v) is 13.8. The predicted octanol–water partition coefficient (Wildman–Crippen LogP) is 4.20. The fourth-order valence-electron chi connectivity index (χ4n) is 1.87. The Morgan fingerprint density at radius 1 is 1.30 bits per heavy atom. The molecule has 0 saturated carbocycles. The van der Waals surface area contributed by atoms with Gasteiger partial charge in [0.25, 0.3) is 5.91 Å². The average molecular weight is 348 g/mol. The molecule has 0 aliphatic carbocycles. The monoisotopic (exact) mass is 347 g/mol. The van der Waals surface area contributed by atoms with Crippen LogP contribution in [-0.4, -0.2) is 17.3 Å². The summed E-state index contributed by atoms with van der Waals surface area (Å²) in [5.41, 5.74) is 0.261. The highest BCUT2D eigenvalue weighted by atomic mass is 79.9. The first-order valence-corrected chi connectivity index (χ1v) is 7.39. The van der Waals surface area contributed by atoms with Gasteiger partial charge in [-0.2, -0.15) is 0 Å². The molecule has 0 aliphatic heterocycles. The summed E-state index contributed by atoms with van der Waals surface area (Å²) in [6, 6.07) is 1.97. The van der Waals surface area contributed by atoms with E-state index in [0.717, 1.165) is 12.5 Å². The normalized spacial score (nSPS) is 13.2. The predicted molar refractivity (Wildman–Crippen MR) is 80.2 cm³/mol. The standard InChI is InChI=1S/C15H20BrF2NO/c1-9-5-11(13(18)6-12(9)17)14(20)19-8-10(16)7-15(2,3)4/h5-6,10H,7-8H2,1-4H3,(H,19,20). The van der Waals surface area contributed by atoms with Gasteiger partial charge in [-0.3, -0.25) is 4.79 Å². The number of halogens is 3. The third-order valence-corrected chi connectivity index (χ3v) is 3.46. The van der Waals surface area contributed by atoms with Crippen molar-refractivity contribution in [2.24, 2.45) is 5.41 Å². The van der Waals surface area contributed by atoms with Crippen molar-refractivity contribution in [2.75, 3.05) is 6.54 Å². The van der Waals surface area contributed by atoms with Crippen LogP contribution in [0.3, 0.4) is 0 Å². The van der Waals surface area contributed by atoms with E-state index in [0.29, 0.717) is 6.54 Å². The summed E-state index contributed by atoms with van der Waals surface area (Å²) >= 11 is 3.49. The Labute approximate surface area is 127 Å². The van der Waals surface area contributed by atoms with Crippen LogP contribution in [0.15, 0.2) is 12.1 Å². The molecule has 20 heavy (non-hydrogen) atoms. The smallest absolute Gasteiger partial charge is 0.254 e. The van der Waals surface area contributed by atoms with E-state index < -0.39 is 17.5 Å². The number of aryl methyl sites for hydroxylation is 1. The molecule has 0 heterocycles. The maximum absolute atomic E-state index is 13.6. The van der Waals surface area contributed by atoms with E-state index in [1.165, 1.54) is 13.0 Å². The van der Waals surface area contributed by atoms with Crippen LogP contribution in [0.4, 0.5) is 8.78 Å². The second kappa shape index (κ2) is 6.66. The Balaban J connectivity index is 2.66. The van der Waals surface area contributed by atoms with Gasteiger partial charge in [0.1, 0.15) is 11.6 Å². The fraction of sp³-hybridized carbons (Fsp3) is 0.533. The molecule has 112 valence electrons. The lowest BCUT2D eigenvalue weighted by atomic mass is 9.90. The molecule has 1 rings (SSSR count). The third-order valence-electron chi connectivity index (χ3n) is 2.81. The lowest BCUT2D eigenvalue weighted by Crippen LogP contribution is -2.32. The molecular weight excluding hydrogens is 328 g/mol. The van der Waals surface area contributed by atoms with Gasteiger partial charge in [0.2, 0.25) is 0 Å². The van der Waals surface area contributed by atoms with Crippen LogP contribution >= 0.6 is 15.9 Å². The highest BCUT2D eigenvalue weighted by Crippen LogP contribution is 2.24. The van der Waals surface area contributed by atoms with Crippen molar-refractivity contribution in [3.8, 4) is 0 Å². The van der Waals surface area contributed by atoms with Crippen molar-refractivity contribution in [3.63, 3.8) is 0 Å². The molecule has 1 N–H and O–H groups in total. The summed E-state index contributed by atoms with van der Waals surface area (Å²) in [5.74, 6) is -2.01. The quantitative estimate of drug-likeness (QED) is 0.812. The maximum atomic E-state index is 13.6. The van der Waals surface area contributed by atoms with Gasteiger partial charge in [-0.25, -0.2) is 8.78 Å². The molecular formula is C15H20BrF2NO. The van der Waals surface area contributed by atoms with Crippen LogP contribution in [0.25, 0.3) is 0 Å². The number of hydrogen-bond donors (Lipinski definition) is 1. The van der Waals surface area contributed by atoms with Gasteiger partial charge >= 0.3 is 0 Å². The number of carbonyl (C=O) groups excluding carboxylic acids is 1. The SMILES string of the molecule is Cc1cc(C(=O)NCC(Br)CC(C)(C)C)c(F)cc1F. The fourth-order valence-corrected chi connectivity index (χ4v) is 3.00. The highest BCUT2D eigenvalue weighted by molar-refractivity contribution is 9.09. The Bertz CT molecular complexity index is 497. The highest BCUT2D eigenvalue weighted by Gasteiger charge is 2.19. The molecule has 0 fully saturated rings. The summed E-state index contributed by atoms with van der Waals surface area (Å²) in [6.07, 6.45) is 0.873. The van der Waals surface area contributed by atoms with Gasteiger partial charge in [0.15, 0.2) is 0 Å². The molecule has 0 aromatic heterocycles. The minimum Gasteiger partial charge on any atom is -0.351 e. The van der Waals surface area contributed by atoms with E-state index in [4.69, 9.17) is 0 Å². The Hall–Kier alpha value is -0.970. The van der Waals surface area contributed by atoms with Gasteiger partial charge in [-0.15, -0.1) is 0 Å². The molecule has 1 atom stereocenters. The first-order chi connectivity index (χ1) is 9.10. The second-order valence-corrected chi connectivity index (χ2v) is 7.45. The number of benzene rings is 1. The molecule has 0 saturated heterocycles. The van der Waals surface area contributed by atoms with Crippen molar-refractivity contribution < 1.29 is 13.6 Å². The molecule has 1 amide bonds. The van der Waals surface area contributed by atoms with Crippen molar-refractivity contribution in [2.45, 2.75) is 38.9 Å². The van der Waals surface area contributed by atoms with Gasteiger partial charge < -0.3 is 5.32 Å². The van der Waals surface area contributed by atoms with E-state index in [2.05, 4.69) is 42.0 Å². The first kappa shape index (κ1) is 17.1. The molecule has 0 aliphatic rings. The summed E-state index contributed by atoms with van der Waals surface area (Å²) < 4.78 is 26.7. The van der Waals surface area contributed by atoms with E-state index in [1.807, 2.05) is 0 Å².